The van der Waals surface area contributed by atoms with Crippen LogP contribution in [0.1, 0.15) is 36.0 Å². The predicted octanol–water partition coefficient (Wildman–Crippen LogP) is 4.65. The van der Waals surface area contributed by atoms with Gasteiger partial charge in [0.2, 0.25) is 5.91 Å². The summed E-state index contributed by atoms with van der Waals surface area (Å²) in [5, 5.41) is 0. The Balaban J connectivity index is 1.67. The maximum Gasteiger partial charge on any atom is 0.311 e. The topological polar surface area (TPSA) is 63.7 Å². The van der Waals surface area contributed by atoms with Gasteiger partial charge < -0.3 is 14.4 Å². The number of anilines is 1. The summed E-state index contributed by atoms with van der Waals surface area (Å²) >= 11 is 0. The number of esters is 1. The maximum absolute atomic E-state index is 14.4. The van der Waals surface area contributed by atoms with Crippen LogP contribution in [0.5, 0.6) is 0 Å². The van der Waals surface area contributed by atoms with Gasteiger partial charge in [-0.05, 0) is 35.6 Å². The third kappa shape index (κ3) is 3.18. The molecular weight excluding hydrogens is 426 g/mol. The lowest BCUT2D eigenvalue weighted by molar-refractivity contribution is -0.169. The summed E-state index contributed by atoms with van der Waals surface area (Å²) in [6, 6.07) is 27.2. The molecule has 34 heavy (non-hydrogen) atoms. The third-order valence-electron chi connectivity index (χ3n) is 7.37. The molecule has 1 spiro atoms. The van der Waals surface area contributed by atoms with Crippen LogP contribution in [0.3, 0.4) is 0 Å². The first kappa shape index (κ1) is 22.1. The minimum Gasteiger partial charge on any atom is -0.466 e. The molecule has 1 heterocycles. The molecule has 2 aliphatic rings. The zero-order chi connectivity index (χ0) is 23.7. The van der Waals surface area contributed by atoms with Crippen LogP contribution in [-0.4, -0.2) is 24.8 Å². The first-order valence-electron chi connectivity index (χ1n) is 11.7. The summed E-state index contributed by atoms with van der Waals surface area (Å²) in [5.74, 6) is -1.83. The molecule has 0 unspecified atom stereocenters. The van der Waals surface area contributed by atoms with E-state index in [2.05, 4.69) is 0 Å². The van der Waals surface area contributed by atoms with Crippen LogP contribution in [0.2, 0.25) is 0 Å². The van der Waals surface area contributed by atoms with Crippen molar-refractivity contribution in [1.29, 1.82) is 0 Å². The first-order chi connectivity index (χ1) is 16.6. The number of aldehydes is 1. The number of hydrogen-bond acceptors (Lipinski definition) is 4. The van der Waals surface area contributed by atoms with E-state index in [9.17, 15) is 14.4 Å². The standard InChI is InChI=1S/C29H27NO4/c1-2-34-27(32)26-25(21-13-7-4-8-14-21)23(17-18-31)29(26)22-15-9-10-16-24(22)30(28(29)33)19-20-11-5-3-6-12-20/h3-16,18,23,25-26H,2,17,19H2,1H3/t23-,25-,26-,29+/m1/s1. The molecule has 1 aliphatic heterocycles. The first-order valence-corrected chi connectivity index (χ1v) is 11.7. The van der Waals surface area contributed by atoms with Crippen molar-refractivity contribution in [1.82, 2.24) is 0 Å². The van der Waals surface area contributed by atoms with Crippen molar-refractivity contribution in [3.63, 3.8) is 0 Å². The Morgan fingerprint density at radius 3 is 2.29 bits per heavy atom. The minimum atomic E-state index is -1.13. The molecule has 172 valence electrons. The van der Waals surface area contributed by atoms with Crippen molar-refractivity contribution >= 4 is 23.9 Å². The average molecular weight is 454 g/mol. The molecule has 3 aromatic carbocycles. The van der Waals surface area contributed by atoms with Crippen molar-refractivity contribution in [3.05, 3.63) is 102 Å². The van der Waals surface area contributed by atoms with Crippen molar-refractivity contribution in [2.24, 2.45) is 11.8 Å². The van der Waals surface area contributed by atoms with Crippen LogP contribution >= 0.6 is 0 Å². The summed E-state index contributed by atoms with van der Waals surface area (Å²) in [7, 11) is 0. The number of hydrogen-bond donors (Lipinski definition) is 0. The van der Waals surface area contributed by atoms with Gasteiger partial charge in [0.15, 0.2) is 0 Å². The number of para-hydroxylation sites is 1. The third-order valence-corrected chi connectivity index (χ3v) is 7.37. The fraction of sp³-hybridized carbons (Fsp3) is 0.276. The highest BCUT2D eigenvalue weighted by atomic mass is 16.5. The lowest BCUT2D eigenvalue weighted by Crippen LogP contribution is -2.66. The Morgan fingerprint density at radius 2 is 1.62 bits per heavy atom. The summed E-state index contributed by atoms with van der Waals surface area (Å²) in [4.78, 5) is 41.5. The molecule has 0 saturated heterocycles. The number of benzene rings is 3. The van der Waals surface area contributed by atoms with Gasteiger partial charge in [-0.25, -0.2) is 0 Å². The molecule has 1 aliphatic carbocycles. The van der Waals surface area contributed by atoms with Gasteiger partial charge in [0, 0.05) is 18.0 Å². The van der Waals surface area contributed by atoms with Gasteiger partial charge >= 0.3 is 5.97 Å². The number of amides is 1. The lowest BCUT2D eigenvalue weighted by Gasteiger charge is -2.57. The Hall–Kier alpha value is -3.73. The van der Waals surface area contributed by atoms with E-state index in [1.165, 1.54) is 0 Å². The molecule has 1 fully saturated rings. The molecular formula is C29H27NO4. The molecule has 0 N–H and O–H groups in total. The van der Waals surface area contributed by atoms with Crippen LogP contribution in [-0.2, 0) is 31.1 Å². The monoisotopic (exact) mass is 453 g/mol. The van der Waals surface area contributed by atoms with Crippen molar-refractivity contribution in [2.75, 3.05) is 11.5 Å². The van der Waals surface area contributed by atoms with E-state index in [0.29, 0.717) is 6.54 Å². The smallest absolute Gasteiger partial charge is 0.311 e. The van der Waals surface area contributed by atoms with Gasteiger partial charge in [0.25, 0.3) is 0 Å². The van der Waals surface area contributed by atoms with Gasteiger partial charge in [-0.2, -0.15) is 0 Å². The Morgan fingerprint density at radius 1 is 0.971 bits per heavy atom. The molecule has 4 atom stereocenters. The van der Waals surface area contributed by atoms with Gasteiger partial charge in [0.1, 0.15) is 6.29 Å². The molecule has 5 nitrogen and oxygen atoms in total. The number of nitrogens with zero attached hydrogens (tertiary/aromatic N) is 1. The second-order valence-corrected chi connectivity index (χ2v) is 8.94. The molecule has 0 aromatic heterocycles. The van der Waals surface area contributed by atoms with Gasteiger partial charge in [-0.1, -0.05) is 78.9 Å². The summed E-state index contributed by atoms with van der Waals surface area (Å²) in [5.41, 5.74) is 2.44. The zero-order valence-electron chi connectivity index (χ0n) is 19.1. The van der Waals surface area contributed by atoms with Crippen LogP contribution in [0.4, 0.5) is 5.69 Å². The quantitative estimate of drug-likeness (QED) is 0.386. The number of carbonyl (C=O) groups is 3. The maximum atomic E-state index is 14.4. The minimum absolute atomic E-state index is 0.130. The van der Waals surface area contributed by atoms with Crippen molar-refractivity contribution in [3.8, 4) is 0 Å². The van der Waals surface area contributed by atoms with Crippen LogP contribution in [0.25, 0.3) is 0 Å². The SMILES string of the molecule is CCOC(=O)[C@H]1[C@H](c2ccccc2)[C@@H](CC=O)[C@]12C(=O)N(Cc1ccccc1)c1ccccc12. The van der Waals surface area contributed by atoms with E-state index < -0.39 is 11.3 Å². The van der Waals surface area contributed by atoms with Crippen molar-refractivity contribution < 1.29 is 19.1 Å². The van der Waals surface area contributed by atoms with Gasteiger partial charge in [-0.15, -0.1) is 0 Å². The second kappa shape index (κ2) is 8.90. The summed E-state index contributed by atoms with van der Waals surface area (Å²) in [6.07, 6.45) is 1.06. The number of fused-ring (bicyclic) bond motifs is 2. The Bertz CT molecular complexity index is 1210. The fourth-order valence-corrected chi connectivity index (χ4v) is 6.10. The largest absolute Gasteiger partial charge is 0.466 e. The average Bonchev–Trinajstić information content (AvgIpc) is 3.11. The van der Waals surface area contributed by atoms with Crippen LogP contribution < -0.4 is 4.90 Å². The molecule has 0 radical (unpaired) electrons. The van der Waals surface area contributed by atoms with E-state index in [4.69, 9.17) is 4.74 Å². The Kier molecular flexibility index (Phi) is 5.78. The second-order valence-electron chi connectivity index (χ2n) is 8.94. The fourth-order valence-electron chi connectivity index (χ4n) is 6.10. The molecule has 3 aromatic rings. The van der Waals surface area contributed by atoms with Crippen LogP contribution in [0.15, 0.2) is 84.9 Å². The summed E-state index contributed by atoms with van der Waals surface area (Å²) in [6.45, 7) is 2.41. The van der Waals surface area contributed by atoms with Crippen molar-refractivity contribution in [2.45, 2.75) is 31.2 Å². The van der Waals surface area contributed by atoms with E-state index in [0.717, 1.165) is 28.7 Å². The van der Waals surface area contributed by atoms with Gasteiger partial charge in [0.05, 0.1) is 24.5 Å². The highest BCUT2D eigenvalue weighted by Crippen LogP contribution is 2.67. The zero-order valence-corrected chi connectivity index (χ0v) is 19.1. The molecule has 1 amide bonds. The van der Waals surface area contributed by atoms with E-state index >= 15 is 0 Å². The summed E-state index contributed by atoms with van der Waals surface area (Å²) < 4.78 is 5.53. The molecule has 5 rings (SSSR count). The number of ether oxygens (including phenoxy) is 1. The van der Waals surface area contributed by atoms with E-state index in [-0.39, 0.29) is 36.7 Å². The number of rotatable bonds is 7. The number of carbonyl (C=O) groups excluding carboxylic acids is 3. The highest BCUT2D eigenvalue weighted by Gasteiger charge is 2.73. The van der Waals surface area contributed by atoms with Crippen LogP contribution in [0, 0.1) is 11.8 Å². The lowest BCUT2D eigenvalue weighted by atomic mass is 9.42. The molecule has 0 bridgehead atoms. The van der Waals surface area contributed by atoms with E-state index in [1.54, 1.807) is 11.8 Å². The molecule has 1 saturated carbocycles. The highest BCUT2D eigenvalue weighted by molar-refractivity contribution is 6.12. The van der Waals surface area contributed by atoms with Gasteiger partial charge in [-0.3, -0.25) is 9.59 Å². The van der Waals surface area contributed by atoms with E-state index in [1.807, 2.05) is 84.9 Å². The molecule has 5 heteroatoms. The predicted molar refractivity (Wildman–Crippen MR) is 129 cm³/mol. The Labute approximate surface area is 199 Å². The normalized spacial score (nSPS) is 25.0.